The molecule has 0 fully saturated rings. The maximum atomic E-state index is 12.9. The van der Waals surface area contributed by atoms with Gasteiger partial charge >= 0.3 is 6.18 Å². The van der Waals surface area contributed by atoms with Gasteiger partial charge in [-0.15, -0.1) is 0 Å². The molecule has 2 heterocycles. The summed E-state index contributed by atoms with van der Waals surface area (Å²) in [5.74, 6) is 0.570. The Morgan fingerprint density at radius 2 is 1.90 bits per heavy atom. The third-order valence-corrected chi connectivity index (χ3v) is 6.06. The molecule has 0 N–H and O–H groups in total. The summed E-state index contributed by atoms with van der Waals surface area (Å²) in [6.45, 7) is 0. The molecule has 1 aliphatic heterocycles. The number of nitrogens with zero attached hydrogens (tertiary/aromatic N) is 1. The highest BCUT2D eigenvalue weighted by Gasteiger charge is 2.30. The number of carbonyl (C=O) groups is 1. The van der Waals surface area contributed by atoms with Crippen molar-refractivity contribution in [3.05, 3.63) is 85.8 Å². The molecular formula is C21H10ClF3INO2S. The number of furan rings is 1. The van der Waals surface area contributed by atoms with Gasteiger partial charge in [0.15, 0.2) is 0 Å². The lowest BCUT2D eigenvalue weighted by Crippen LogP contribution is -2.04. The molecule has 3 aromatic rings. The summed E-state index contributed by atoms with van der Waals surface area (Å²) < 4.78 is 45.4. The van der Waals surface area contributed by atoms with Crippen LogP contribution in [0.5, 0.6) is 0 Å². The molecule has 0 aliphatic carbocycles. The minimum Gasteiger partial charge on any atom is -0.457 e. The number of thioether (sulfide) groups is 1. The van der Waals surface area contributed by atoms with Gasteiger partial charge in [0.1, 0.15) is 22.3 Å². The number of carbonyl (C=O) groups excluding carboxylic acids is 1. The van der Waals surface area contributed by atoms with E-state index >= 15 is 0 Å². The molecule has 9 heteroatoms. The van der Waals surface area contributed by atoms with Crippen LogP contribution in [-0.2, 0) is 11.0 Å². The Kier molecular flexibility index (Phi) is 5.82. The van der Waals surface area contributed by atoms with Gasteiger partial charge in [0.25, 0.3) is 0 Å². The molecular weight excluding hydrogens is 550 g/mol. The van der Waals surface area contributed by atoms with Gasteiger partial charge in [-0.1, -0.05) is 23.7 Å². The fraction of sp³-hybridized carbons (Fsp3) is 0.0476. The number of rotatable bonds is 3. The Morgan fingerprint density at radius 1 is 1.10 bits per heavy atom. The van der Waals surface area contributed by atoms with Crippen LogP contribution in [0.1, 0.15) is 16.9 Å². The van der Waals surface area contributed by atoms with Crippen molar-refractivity contribution in [2.75, 3.05) is 0 Å². The lowest BCUT2D eigenvalue weighted by atomic mass is 10.1. The first-order valence-electron chi connectivity index (χ1n) is 8.46. The van der Waals surface area contributed by atoms with Crippen molar-refractivity contribution in [3.8, 4) is 11.3 Å². The molecule has 0 spiro atoms. The van der Waals surface area contributed by atoms with Crippen molar-refractivity contribution in [1.29, 1.82) is 0 Å². The van der Waals surface area contributed by atoms with Gasteiger partial charge in [-0.3, -0.25) is 4.79 Å². The fourth-order valence-corrected chi connectivity index (χ4v) is 4.32. The number of hydrogen-bond acceptors (Lipinski definition) is 4. The Bertz CT molecular complexity index is 1220. The second kappa shape index (κ2) is 8.24. The van der Waals surface area contributed by atoms with Crippen LogP contribution in [0.15, 0.2) is 69.7 Å². The number of halogens is 5. The average molecular weight is 560 g/mol. The van der Waals surface area contributed by atoms with Crippen molar-refractivity contribution >= 4 is 62.2 Å². The minimum absolute atomic E-state index is 0.176. The molecule has 2 aromatic carbocycles. The number of hydrogen-bond donors (Lipinski definition) is 0. The molecule has 152 valence electrons. The lowest BCUT2D eigenvalue weighted by Gasteiger charge is -2.07. The Labute approximate surface area is 192 Å². The zero-order valence-electron chi connectivity index (χ0n) is 14.8. The predicted molar refractivity (Wildman–Crippen MR) is 120 cm³/mol. The van der Waals surface area contributed by atoms with Crippen molar-refractivity contribution in [2.24, 2.45) is 4.99 Å². The van der Waals surface area contributed by atoms with Crippen molar-refractivity contribution in [2.45, 2.75) is 6.18 Å². The van der Waals surface area contributed by atoms with Crippen molar-refractivity contribution in [1.82, 2.24) is 0 Å². The zero-order valence-corrected chi connectivity index (χ0v) is 18.6. The van der Waals surface area contributed by atoms with Gasteiger partial charge < -0.3 is 4.42 Å². The summed E-state index contributed by atoms with van der Waals surface area (Å²) in [7, 11) is 0. The molecule has 0 unspecified atom stereocenters. The smallest absolute Gasteiger partial charge is 0.416 e. The summed E-state index contributed by atoms with van der Waals surface area (Å²) >= 11 is 9.33. The van der Waals surface area contributed by atoms with Crippen LogP contribution in [-0.4, -0.2) is 10.2 Å². The summed E-state index contributed by atoms with van der Waals surface area (Å²) in [5, 5.41) is 0.705. The van der Waals surface area contributed by atoms with Crippen LogP contribution >= 0.6 is 46.0 Å². The summed E-state index contributed by atoms with van der Waals surface area (Å²) in [5.41, 5.74) is 0.364. The second-order valence-electron chi connectivity index (χ2n) is 6.24. The Hall–Kier alpha value is -2.04. The average Bonchev–Trinajstić information content (AvgIpc) is 3.30. The van der Waals surface area contributed by atoms with E-state index in [9.17, 15) is 18.0 Å². The van der Waals surface area contributed by atoms with Gasteiger partial charge in [0, 0.05) is 20.8 Å². The minimum atomic E-state index is -4.44. The number of benzene rings is 2. The first-order valence-corrected chi connectivity index (χ1v) is 10.7. The van der Waals surface area contributed by atoms with E-state index in [1.807, 2.05) is 12.1 Å². The van der Waals surface area contributed by atoms with Gasteiger partial charge in [0.05, 0.1) is 10.6 Å². The van der Waals surface area contributed by atoms with Gasteiger partial charge in [-0.05, 0) is 76.8 Å². The quantitative estimate of drug-likeness (QED) is 0.250. The number of alkyl halides is 3. The molecule has 0 amide bonds. The monoisotopic (exact) mass is 559 g/mol. The highest BCUT2D eigenvalue weighted by atomic mass is 127. The van der Waals surface area contributed by atoms with E-state index in [-0.39, 0.29) is 22.1 Å². The fourth-order valence-electron chi connectivity index (χ4n) is 2.75. The van der Waals surface area contributed by atoms with E-state index < -0.39 is 11.7 Å². The third kappa shape index (κ3) is 4.50. The van der Waals surface area contributed by atoms with E-state index in [0.29, 0.717) is 21.4 Å². The lowest BCUT2D eigenvalue weighted by molar-refractivity contribution is -0.137. The summed E-state index contributed by atoms with van der Waals surface area (Å²) in [4.78, 5) is 16.7. The zero-order chi connectivity index (χ0) is 21.5. The molecule has 4 rings (SSSR count). The van der Waals surface area contributed by atoms with E-state index in [0.717, 1.165) is 27.5 Å². The molecule has 30 heavy (non-hydrogen) atoms. The van der Waals surface area contributed by atoms with Crippen LogP contribution in [0.2, 0.25) is 5.02 Å². The maximum Gasteiger partial charge on any atom is 0.416 e. The van der Waals surface area contributed by atoms with E-state index in [4.69, 9.17) is 16.0 Å². The Morgan fingerprint density at radius 3 is 2.67 bits per heavy atom. The van der Waals surface area contributed by atoms with Gasteiger partial charge in [-0.2, -0.15) is 13.2 Å². The van der Waals surface area contributed by atoms with E-state index in [1.165, 1.54) is 18.2 Å². The molecule has 1 aromatic heterocycles. The molecule has 0 saturated carbocycles. The first kappa shape index (κ1) is 21.2. The summed E-state index contributed by atoms with van der Waals surface area (Å²) in [6.07, 6.45) is -2.98. The largest absolute Gasteiger partial charge is 0.457 e. The van der Waals surface area contributed by atoms with Crippen LogP contribution in [0.3, 0.4) is 0 Å². The third-order valence-electron chi connectivity index (χ3n) is 4.16. The molecule has 3 nitrogen and oxygen atoms in total. The van der Waals surface area contributed by atoms with Crippen LogP contribution < -0.4 is 0 Å². The SMILES string of the molecule is O=C1SC(c2cc(I)ccc2Cl)=N/C1=C\c1ccc(-c2cccc(C(F)(F)F)c2)o1. The molecule has 0 radical (unpaired) electrons. The normalized spacial score (nSPS) is 15.7. The first-order chi connectivity index (χ1) is 14.2. The van der Waals surface area contributed by atoms with Crippen molar-refractivity contribution < 1.29 is 22.4 Å². The standard InChI is InChI=1S/C21H10ClF3INO2S/c22-16-6-4-13(26)9-15(16)19-27-17(20(28)30-19)10-14-5-7-18(29-14)11-2-1-3-12(8-11)21(23,24)25/h1-10H/b17-10-. The molecule has 1 aliphatic rings. The second-order valence-corrected chi connectivity index (χ2v) is 8.86. The van der Waals surface area contributed by atoms with Crippen LogP contribution in [0.4, 0.5) is 13.2 Å². The predicted octanol–water partition coefficient (Wildman–Crippen LogP) is 7.28. The molecule has 0 atom stereocenters. The topological polar surface area (TPSA) is 42.6 Å². The maximum absolute atomic E-state index is 12.9. The van der Waals surface area contributed by atoms with Gasteiger partial charge in [0.2, 0.25) is 5.12 Å². The van der Waals surface area contributed by atoms with Crippen molar-refractivity contribution in [3.63, 3.8) is 0 Å². The highest BCUT2D eigenvalue weighted by Crippen LogP contribution is 2.35. The Balaban J connectivity index is 1.64. The number of aliphatic imine (C=N–C) groups is 1. The molecule has 0 saturated heterocycles. The summed E-state index contributed by atoms with van der Waals surface area (Å²) in [6, 6.07) is 13.4. The molecule has 0 bridgehead atoms. The van der Waals surface area contributed by atoms with Gasteiger partial charge in [-0.25, -0.2) is 4.99 Å². The van der Waals surface area contributed by atoms with E-state index in [2.05, 4.69) is 27.6 Å². The van der Waals surface area contributed by atoms with E-state index in [1.54, 1.807) is 18.2 Å². The van der Waals surface area contributed by atoms with Crippen LogP contribution in [0, 0.1) is 3.57 Å². The highest BCUT2D eigenvalue weighted by molar-refractivity contribution is 14.1. The van der Waals surface area contributed by atoms with Crippen LogP contribution in [0.25, 0.3) is 17.4 Å².